The van der Waals surface area contributed by atoms with Crippen molar-refractivity contribution in [1.29, 1.82) is 0 Å². The van der Waals surface area contributed by atoms with Crippen LogP contribution >= 0.6 is 11.6 Å². The Morgan fingerprint density at radius 1 is 1.50 bits per heavy atom. The molecule has 1 aromatic carbocycles. The first-order valence-corrected chi connectivity index (χ1v) is 4.28. The van der Waals surface area contributed by atoms with Crippen molar-refractivity contribution in [2.24, 2.45) is 5.11 Å². The summed E-state index contributed by atoms with van der Waals surface area (Å²) in [6, 6.07) is 6.82. The van der Waals surface area contributed by atoms with Crippen molar-refractivity contribution in [3.05, 3.63) is 51.4 Å². The molecule has 0 amide bonds. The summed E-state index contributed by atoms with van der Waals surface area (Å²) >= 11 is 5.70. The molecule has 1 N–H and O–H groups in total. The summed E-state index contributed by atoms with van der Waals surface area (Å²) in [6.45, 7) is -0.170. The van der Waals surface area contributed by atoms with Gasteiger partial charge in [-0.1, -0.05) is 28.8 Å². The van der Waals surface area contributed by atoms with Gasteiger partial charge in [-0.15, -0.1) is 0 Å². The SMILES string of the molecule is [N-]=[N+]=N/C(=C\CO)c1ccc(Cl)cc1. The summed E-state index contributed by atoms with van der Waals surface area (Å²) in [7, 11) is 0. The molecule has 0 spiro atoms. The number of aliphatic hydroxyl groups excluding tert-OH is 1. The standard InChI is InChI=1S/C9H8ClN3O/c10-8-3-1-7(2-4-8)9(5-6-14)12-13-11/h1-5,14H,6H2/b9-5-. The van der Waals surface area contributed by atoms with Crippen LogP contribution in [0.4, 0.5) is 0 Å². The molecule has 0 aliphatic carbocycles. The highest BCUT2D eigenvalue weighted by molar-refractivity contribution is 6.30. The molecule has 0 saturated carbocycles. The van der Waals surface area contributed by atoms with E-state index in [1.807, 2.05) is 0 Å². The van der Waals surface area contributed by atoms with Crippen molar-refractivity contribution in [2.45, 2.75) is 0 Å². The highest BCUT2D eigenvalue weighted by Crippen LogP contribution is 2.18. The molecule has 1 aromatic rings. The van der Waals surface area contributed by atoms with E-state index in [9.17, 15) is 0 Å². The van der Waals surface area contributed by atoms with Gasteiger partial charge < -0.3 is 5.11 Å². The van der Waals surface area contributed by atoms with Crippen LogP contribution in [0.15, 0.2) is 35.5 Å². The first-order chi connectivity index (χ1) is 6.77. The third-order valence-electron chi connectivity index (χ3n) is 1.58. The van der Waals surface area contributed by atoms with Crippen LogP contribution in [0.2, 0.25) is 5.02 Å². The van der Waals surface area contributed by atoms with Gasteiger partial charge in [-0.05, 0) is 29.3 Å². The molecule has 0 heterocycles. The van der Waals surface area contributed by atoms with E-state index in [1.54, 1.807) is 24.3 Å². The number of rotatable bonds is 3. The zero-order valence-corrected chi connectivity index (χ0v) is 8.02. The van der Waals surface area contributed by atoms with Crippen LogP contribution in [0.5, 0.6) is 0 Å². The number of azide groups is 1. The topological polar surface area (TPSA) is 69.0 Å². The van der Waals surface area contributed by atoms with E-state index in [4.69, 9.17) is 22.2 Å². The predicted octanol–water partition coefficient (Wildman–Crippen LogP) is 2.98. The normalized spacial score (nSPS) is 10.9. The van der Waals surface area contributed by atoms with E-state index in [0.29, 0.717) is 10.7 Å². The Bertz CT molecular complexity index is 380. The Morgan fingerprint density at radius 2 is 2.14 bits per heavy atom. The quantitative estimate of drug-likeness (QED) is 0.464. The number of hydrogen-bond acceptors (Lipinski definition) is 2. The van der Waals surface area contributed by atoms with Gasteiger partial charge in [-0.25, -0.2) is 0 Å². The van der Waals surface area contributed by atoms with E-state index in [0.717, 1.165) is 5.56 Å². The van der Waals surface area contributed by atoms with Crippen molar-refractivity contribution in [2.75, 3.05) is 6.61 Å². The van der Waals surface area contributed by atoms with Crippen molar-refractivity contribution in [1.82, 2.24) is 0 Å². The zero-order chi connectivity index (χ0) is 10.4. The Balaban J connectivity index is 3.06. The Hall–Kier alpha value is -1.48. The summed E-state index contributed by atoms with van der Waals surface area (Å²) in [6.07, 6.45) is 1.43. The minimum atomic E-state index is -0.170. The number of nitrogens with zero attached hydrogens (tertiary/aromatic N) is 3. The summed E-state index contributed by atoms with van der Waals surface area (Å²) in [5.74, 6) is 0. The van der Waals surface area contributed by atoms with Gasteiger partial charge in [0.2, 0.25) is 0 Å². The van der Waals surface area contributed by atoms with Crippen molar-refractivity contribution in [3.8, 4) is 0 Å². The van der Waals surface area contributed by atoms with Crippen LogP contribution in [0.3, 0.4) is 0 Å². The molecule has 0 unspecified atom stereocenters. The first kappa shape index (κ1) is 10.6. The van der Waals surface area contributed by atoms with Gasteiger partial charge >= 0.3 is 0 Å². The fraction of sp³-hybridized carbons (Fsp3) is 0.111. The molecular formula is C9H8ClN3O. The lowest BCUT2D eigenvalue weighted by atomic mass is 10.1. The Labute approximate surface area is 86.1 Å². The fourth-order valence-corrected chi connectivity index (χ4v) is 1.10. The fourth-order valence-electron chi connectivity index (χ4n) is 0.972. The van der Waals surface area contributed by atoms with Crippen molar-refractivity contribution in [3.63, 3.8) is 0 Å². The molecule has 5 heteroatoms. The summed E-state index contributed by atoms with van der Waals surface area (Å²) in [5, 5.41) is 12.8. The summed E-state index contributed by atoms with van der Waals surface area (Å²) in [4.78, 5) is 2.67. The molecule has 72 valence electrons. The molecule has 0 aliphatic heterocycles. The van der Waals surface area contributed by atoms with Crippen LogP contribution in [-0.2, 0) is 0 Å². The van der Waals surface area contributed by atoms with Gasteiger partial charge in [0, 0.05) is 15.6 Å². The third-order valence-corrected chi connectivity index (χ3v) is 1.83. The zero-order valence-electron chi connectivity index (χ0n) is 7.26. The number of benzene rings is 1. The van der Waals surface area contributed by atoms with Crippen LogP contribution in [0.1, 0.15) is 5.56 Å². The second-order valence-electron chi connectivity index (χ2n) is 2.47. The van der Waals surface area contributed by atoms with Gasteiger partial charge in [0.1, 0.15) is 0 Å². The molecule has 0 atom stereocenters. The van der Waals surface area contributed by atoms with Gasteiger partial charge in [0.15, 0.2) is 0 Å². The maximum Gasteiger partial charge on any atom is 0.0620 e. The lowest BCUT2D eigenvalue weighted by Gasteiger charge is -1.99. The minimum absolute atomic E-state index is 0.170. The van der Waals surface area contributed by atoms with Gasteiger partial charge in [-0.2, -0.15) is 0 Å². The number of halogens is 1. The molecule has 0 saturated heterocycles. The van der Waals surface area contributed by atoms with Crippen molar-refractivity contribution < 1.29 is 5.11 Å². The monoisotopic (exact) mass is 209 g/mol. The van der Waals surface area contributed by atoms with Crippen LogP contribution in [0.25, 0.3) is 16.1 Å². The average Bonchev–Trinajstić information content (AvgIpc) is 2.19. The number of aliphatic hydroxyl groups is 1. The third kappa shape index (κ3) is 2.78. The first-order valence-electron chi connectivity index (χ1n) is 3.90. The largest absolute Gasteiger partial charge is 0.392 e. The van der Waals surface area contributed by atoms with E-state index in [1.165, 1.54) is 6.08 Å². The lowest BCUT2D eigenvalue weighted by Crippen LogP contribution is -1.82. The molecule has 4 nitrogen and oxygen atoms in total. The average molecular weight is 210 g/mol. The predicted molar refractivity (Wildman–Crippen MR) is 55.7 cm³/mol. The lowest BCUT2D eigenvalue weighted by molar-refractivity contribution is 0.343. The highest BCUT2D eigenvalue weighted by Gasteiger charge is 1.97. The molecule has 0 bridgehead atoms. The van der Waals surface area contributed by atoms with Crippen LogP contribution in [-0.4, -0.2) is 11.7 Å². The molecular weight excluding hydrogens is 202 g/mol. The van der Waals surface area contributed by atoms with Gasteiger partial charge in [-0.3, -0.25) is 0 Å². The molecule has 0 radical (unpaired) electrons. The maximum absolute atomic E-state index is 8.69. The molecule has 0 aromatic heterocycles. The Morgan fingerprint density at radius 3 is 2.64 bits per heavy atom. The smallest absolute Gasteiger partial charge is 0.0620 e. The van der Waals surface area contributed by atoms with E-state index < -0.39 is 0 Å². The van der Waals surface area contributed by atoms with E-state index in [2.05, 4.69) is 10.0 Å². The molecule has 14 heavy (non-hydrogen) atoms. The van der Waals surface area contributed by atoms with E-state index >= 15 is 0 Å². The van der Waals surface area contributed by atoms with Crippen molar-refractivity contribution >= 4 is 17.3 Å². The van der Waals surface area contributed by atoms with Gasteiger partial charge in [0.25, 0.3) is 0 Å². The molecule has 0 fully saturated rings. The molecule has 0 aliphatic rings. The van der Waals surface area contributed by atoms with E-state index in [-0.39, 0.29) is 6.61 Å². The second-order valence-corrected chi connectivity index (χ2v) is 2.90. The van der Waals surface area contributed by atoms with Gasteiger partial charge in [0.05, 0.1) is 6.61 Å². The maximum atomic E-state index is 8.69. The van der Waals surface area contributed by atoms with Crippen LogP contribution < -0.4 is 0 Å². The number of hydrogen-bond donors (Lipinski definition) is 1. The summed E-state index contributed by atoms with van der Waals surface area (Å²) in [5.41, 5.74) is 9.41. The summed E-state index contributed by atoms with van der Waals surface area (Å²) < 4.78 is 0. The minimum Gasteiger partial charge on any atom is -0.392 e. The molecule has 1 rings (SSSR count). The Kier molecular flexibility index (Phi) is 4.01. The second kappa shape index (κ2) is 5.29. The van der Waals surface area contributed by atoms with Crippen LogP contribution in [0, 0.1) is 0 Å². The highest BCUT2D eigenvalue weighted by atomic mass is 35.5.